The van der Waals surface area contributed by atoms with E-state index in [1.165, 1.54) is 28.7 Å². The Morgan fingerprint density at radius 3 is 2.73 bits per heavy atom. The predicted octanol–water partition coefficient (Wildman–Crippen LogP) is 6.50. The van der Waals surface area contributed by atoms with Crippen LogP contribution in [0.2, 0.25) is 5.02 Å². The molecule has 0 spiro atoms. The molecular formula is C24H19ClN4OS3. The summed E-state index contributed by atoms with van der Waals surface area (Å²) in [5.74, 6) is -0.356. The Bertz CT molecular complexity index is 1370. The number of fused-ring (bicyclic) bond motifs is 3. The van der Waals surface area contributed by atoms with Gasteiger partial charge in [0.2, 0.25) is 0 Å². The Hall–Kier alpha value is -2.52. The van der Waals surface area contributed by atoms with Gasteiger partial charge in [-0.05, 0) is 67.7 Å². The summed E-state index contributed by atoms with van der Waals surface area (Å²) in [7, 11) is 0. The molecule has 0 unspecified atom stereocenters. The molecule has 1 aliphatic rings. The number of aryl methyl sites for hydroxylation is 2. The molecule has 1 amide bonds. The minimum absolute atomic E-state index is 0.203. The van der Waals surface area contributed by atoms with Gasteiger partial charge in [-0.15, -0.1) is 11.3 Å². The first kappa shape index (κ1) is 22.3. The van der Waals surface area contributed by atoms with E-state index in [2.05, 4.69) is 20.6 Å². The highest BCUT2D eigenvalue weighted by molar-refractivity contribution is 7.99. The fraction of sp³-hybridized carbons (Fsp3) is 0.167. The third-order valence-electron chi connectivity index (χ3n) is 5.40. The van der Waals surface area contributed by atoms with E-state index >= 15 is 0 Å². The highest BCUT2D eigenvalue weighted by Gasteiger charge is 2.21. The SMILES string of the molecule is O=C(NC(=S)Nc1ccccc1Sc1ncnc2sc3c(c12)CCCC3)c1ccccc1Cl. The highest BCUT2D eigenvalue weighted by Crippen LogP contribution is 2.42. The molecular weight excluding hydrogens is 492 g/mol. The molecule has 0 aliphatic heterocycles. The molecule has 4 aromatic rings. The van der Waals surface area contributed by atoms with E-state index in [0.717, 1.165) is 33.3 Å². The minimum Gasteiger partial charge on any atom is -0.331 e. The van der Waals surface area contributed by atoms with Crippen molar-refractivity contribution in [2.75, 3.05) is 5.32 Å². The van der Waals surface area contributed by atoms with Gasteiger partial charge in [-0.2, -0.15) is 0 Å². The van der Waals surface area contributed by atoms with E-state index in [9.17, 15) is 4.79 Å². The Kier molecular flexibility index (Phi) is 6.59. The molecule has 0 radical (unpaired) electrons. The minimum atomic E-state index is -0.356. The van der Waals surface area contributed by atoms with Crippen molar-refractivity contribution in [3.05, 3.63) is 75.9 Å². The van der Waals surface area contributed by atoms with Gasteiger partial charge < -0.3 is 5.32 Å². The molecule has 0 saturated heterocycles. The largest absolute Gasteiger partial charge is 0.331 e. The van der Waals surface area contributed by atoms with Crippen LogP contribution in [0.4, 0.5) is 5.69 Å². The molecule has 0 bridgehead atoms. The maximum Gasteiger partial charge on any atom is 0.258 e. The van der Waals surface area contributed by atoms with E-state index in [-0.39, 0.29) is 11.0 Å². The van der Waals surface area contributed by atoms with Crippen LogP contribution >= 0.6 is 46.9 Å². The van der Waals surface area contributed by atoms with Crippen LogP contribution in [0.5, 0.6) is 0 Å². The van der Waals surface area contributed by atoms with Crippen molar-refractivity contribution in [3.8, 4) is 0 Å². The lowest BCUT2D eigenvalue weighted by molar-refractivity contribution is 0.0978. The highest BCUT2D eigenvalue weighted by atomic mass is 35.5. The number of para-hydroxylation sites is 1. The number of thiophene rings is 1. The third-order valence-corrected chi connectivity index (χ3v) is 8.22. The number of hydrogen-bond donors (Lipinski definition) is 2. The van der Waals surface area contributed by atoms with Crippen molar-refractivity contribution in [2.24, 2.45) is 0 Å². The van der Waals surface area contributed by atoms with Crippen LogP contribution in [0, 0.1) is 0 Å². The van der Waals surface area contributed by atoms with Gasteiger partial charge in [-0.25, -0.2) is 9.97 Å². The van der Waals surface area contributed by atoms with Crippen LogP contribution in [0.15, 0.2) is 64.8 Å². The van der Waals surface area contributed by atoms with E-state index in [4.69, 9.17) is 23.8 Å². The normalized spacial score (nSPS) is 12.9. The number of hydrogen-bond acceptors (Lipinski definition) is 6. The molecule has 9 heteroatoms. The summed E-state index contributed by atoms with van der Waals surface area (Å²) in [5, 5.41) is 8.55. The van der Waals surface area contributed by atoms with E-state index in [1.807, 2.05) is 24.3 Å². The summed E-state index contributed by atoms with van der Waals surface area (Å²) in [6, 6.07) is 14.7. The first-order chi connectivity index (χ1) is 16.1. The Morgan fingerprint density at radius 2 is 1.85 bits per heavy atom. The number of nitrogens with zero attached hydrogens (tertiary/aromatic N) is 2. The quantitative estimate of drug-likeness (QED) is 0.241. The lowest BCUT2D eigenvalue weighted by atomic mass is 9.97. The predicted molar refractivity (Wildman–Crippen MR) is 140 cm³/mol. The van der Waals surface area contributed by atoms with Crippen LogP contribution in [-0.4, -0.2) is 21.0 Å². The van der Waals surface area contributed by atoms with Gasteiger partial charge in [-0.1, -0.05) is 47.6 Å². The molecule has 2 heterocycles. The van der Waals surface area contributed by atoms with Crippen molar-refractivity contribution in [1.82, 2.24) is 15.3 Å². The monoisotopic (exact) mass is 510 g/mol. The van der Waals surface area contributed by atoms with Gasteiger partial charge in [0.1, 0.15) is 16.2 Å². The number of benzene rings is 2. The molecule has 5 nitrogen and oxygen atoms in total. The first-order valence-electron chi connectivity index (χ1n) is 10.5. The summed E-state index contributed by atoms with van der Waals surface area (Å²) in [4.78, 5) is 25.1. The fourth-order valence-electron chi connectivity index (χ4n) is 3.87. The second-order valence-electron chi connectivity index (χ2n) is 7.56. The topological polar surface area (TPSA) is 66.9 Å². The number of aromatic nitrogens is 2. The van der Waals surface area contributed by atoms with Gasteiger partial charge in [-0.3, -0.25) is 10.1 Å². The van der Waals surface area contributed by atoms with Gasteiger partial charge in [0.15, 0.2) is 5.11 Å². The standard InChI is InChI=1S/C24H19ClN4OS3/c25-16-9-3-1-7-14(16)21(30)29-24(31)28-17-10-4-6-12-19(17)33-23-20-15-8-2-5-11-18(15)32-22(20)26-13-27-23/h1,3-4,6-7,9-10,12-13H,2,5,8,11H2,(H2,28,29,30,31). The van der Waals surface area contributed by atoms with Crippen LogP contribution < -0.4 is 10.6 Å². The zero-order chi connectivity index (χ0) is 22.8. The van der Waals surface area contributed by atoms with Crippen LogP contribution in [-0.2, 0) is 12.8 Å². The number of thiocarbonyl (C=S) groups is 1. The summed E-state index contributed by atoms with van der Waals surface area (Å²) >= 11 is 14.9. The van der Waals surface area contributed by atoms with Gasteiger partial charge in [0, 0.05) is 15.2 Å². The number of amides is 1. The van der Waals surface area contributed by atoms with Gasteiger partial charge in [0.05, 0.1) is 16.3 Å². The summed E-state index contributed by atoms with van der Waals surface area (Å²) in [5.41, 5.74) is 2.57. The summed E-state index contributed by atoms with van der Waals surface area (Å²) < 4.78 is 0. The van der Waals surface area contributed by atoms with Crippen LogP contribution in [0.1, 0.15) is 33.6 Å². The zero-order valence-electron chi connectivity index (χ0n) is 17.4. The zero-order valence-corrected chi connectivity index (χ0v) is 20.6. The van der Waals surface area contributed by atoms with Crippen molar-refractivity contribution in [2.45, 2.75) is 35.6 Å². The second-order valence-corrected chi connectivity index (χ2v) is 10.5. The van der Waals surface area contributed by atoms with Crippen molar-refractivity contribution in [1.29, 1.82) is 0 Å². The Labute approximate surface area is 210 Å². The smallest absolute Gasteiger partial charge is 0.258 e. The lowest BCUT2D eigenvalue weighted by Crippen LogP contribution is -2.34. The Balaban J connectivity index is 1.38. The molecule has 0 fully saturated rings. The average Bonchev–Trinajstić information content (AvgIpc) is 3.20. The maximum absolute atomic E-state index is 12.6. The third kappa shape index (κ3) is 4.75. The number of carbonyl (C=O) groups excluding carboxylic acids is 1. The molecule has 166 valence electrons. The second kappa shape index (κ2) is 9.77. The summed E-state index contributed by atoms with van der Waals surface area (Å²) in [6.07, 6.45) is 6.28. The molecule has 2 N–H and O–H groups in total. The van der Waals surface area contributed by atoms with Crippen molar-refractivity contribution < 1.29 is 4.79 Å². The molecule has 2 aromatic carbocycles. The number of carbonyl (C=O) groups is 1. The first-order valence-corrected chi connectivity index (χ1v) is 12.9. The van der Waals surface area contributed by atoms with Gasteiger partial charge >= 0.3 is 0 Å². The molecule has 2 aromatic heterocycles. The lowest BCUT2D eigenvalue weighted by Gasteiger charge is -2.14. The molecule has 0 saturated carbocycles. The number of anilines is 1. The Morgan fingerprint density at radius 1 is 1.06 bits per heavy atom. The van der Waals surface area contributed by atoms with E-state index in [0.29, 0.717) is 10.6 Å². The van der Waals surface area contributed by atoms with Crippen LogP contribution in [0.25, 0.3) is 10.2 Å². The number of nitrogens with one attached hydrogen (secondary N) is 2. The maximum atomic E-state index is 12.6. The van der Waals surface area contributed by atoms with Crippen molar-refractivity contribution >= 4 is 73.8 Å². The molecule has 5 rings (SSSR count). The van der Waals surface area contributed by atoms with E-state index in [1.54, 1.807) is 53.7 Å². The number of rotatable bonds is 4. The molecule has 33 heavy (non-hydrogen) atoms. The van der Waals surface area contributed by atoms with Crippen molar-refractivity contribution in [3.63, 3.8) is 0 Å². The number of halogens is 1. The molecule has 1 aliphatic carbocycles. The fourth-order valence-corrected chi connectivity index (χ4v) is 6.59. The molecule has 0 atom stereocenters. The van der Waals surface area contributed by atoms with E-state index < -0.39 is 0 Å². The van der Waals surface area contributed by atoms with Gasteiger partial charge in [0.25, 0.3) is 5.91 Å². The average molecular weight is 511 g/mol. The summed E-state index contributed by atoms with van der Waals surface area (Å²) in [6.45, 7) is 0. The van der Waals surface area contributed by atoms with Crippen LogP contribution in [0.3, 0.4) is 0 Å².